The van der Waals surface area contributed by atoms with E-state index in [0.29, 0.717) is 12.1 Å². The molecule has 1 aromatic carbocycles. The van der Waals surface area contributed by atoms with Gasteiger partial charge in [0.15, 0.2) is 0 Å². The number of benzene rings is 1. The highest BCUT2D eigenvalue weighted by Gasteiger charge is 2.21. The van der Waals surface area contributed by atoms with Gasteiger partial charge in [0, 0.05) is 41.6 Å². The third-order valence-corrected chi connectivity index (χ3v) is 4.70. The SMILES string of the molecule is CCC(C)N(C)CCNC1CCOc2ccc(Br)cc21. The second kappa shape index (κ2) is 7.43. The van der Waals surface area contributed by atoms with Crippen LogP contribution in [-0.4, -0.2) is 37.7 Å². The predicted octanol–water partition coefficient (Wildman–Crippen LogP) is 3.59. The van der Waals surface area contributed by atoms with E-state index in [1.54, 1.807) is 0 Å². The molecule has 1 aliphatic heterocycles. The van der Waals surface area contributed by atoms with Crippen LogP contribution in [0.2, 0.25) is 0 Å². The number of halogens is 1. The van der Waals surface area contributed by atoms with Crippen LogP contribution in [0.25, 0.3) is 0 Å². The Bertz CT molecular complexity index is 438. The molecule has 0 aromatic heterocycles. The number of nitrogens with one attached hydrogen (secondary N) is 1. The fourth-order valence-electron chi connectivity index (χ4n) is 2.52. The molecule has 1 aliphatic rings. The van der Waals surface area contributed by atoms with Gasteiger partial charge in [0.05, 0.1) is 6.61 Å². The molecule has 2 unspecified atom stereocenters. The lowest BCUT2D eigenvalue weighted by Crippen LogP contribution is -2.37. The van der Waals surface area contributed by atoms with Gasteiger partial charge in [0.1, 0.15) is 5.75 Å². The van der Waals surface area contributed by atoms with Gasteiger partial charge in [-0.15, -0.1) is 0 Å². The molecule has 1 aromatic rings. The summed E-state index contributed by atoms with van der Waals surface area (Å²) in [6.45, 7) is 7.41. The van der Waals surface area contributed by atoms with Crippen LogP contribution in [-0.2, 0) is 0 Å². The Balaban J connectivity index is 1.90. The summed E-state index contributed by atoms with van der Waals surface area (Å²) in [5.74, 6) is 1.02. The van der Waals surface area contributed by atoms with Crippen molar-refractivity contribution in [1.29, 1.82) is 0 Å². The highest BCUT2D eigenvalue weighted by molar-refractivity contribution is 9.10. The Labute approximate surface area is 130 Å². The number of hydrogen-bond acceptors (Lipinski definition) is 3. The molecular weight excluding hydrogens is 316 g/mol. The van der Waals surface area contributed by atoms with E-state index >= 15 is 0 Å². The van der Waals surface area contributed by atoms with E-state index in [2.05, 4.69) is 59.2 Å². The Morgan fingerprint density at radius 1 is 1.50 bits per heavy atom. The van der Waals surface area contributed by atoms with Crippen LogP contribution in [0, 0.1) is 0 Å². The summed E-state index contributed by atoms with van der Waals surface area (Å²) in [6.07, 6.45) is 2.24. The molecule has 0 bridgehead atoms. The van der Waals surface area contributed by atoms with Crippen LogP contribution in [0.5, 0.6) is 5.75 Å². The monoisotopic (exact) mass is 340 g/mol. The molecule has 0 saturated carbocycles. The van der Waals surface area contributed by atoms with E-state index in [1.807, 2.05) is 6.07 Å². The maximum Gasteiger partial charge on any atom is 0.124 e. The average Bonchev–Trinajstić information content (AvgIpc) is 2.46. The first-order valence-electron chi connectivity index (χ1n) is 7.47. The van der Waals surface area contributed by atoms with E-state index in [1.165, 1.54) is 12.0 Å². The van der Waals surface area contributed by atoms with E-state index in [9.17, 15) is 0 Å². The Kier molecular flexibility index (Phi) is 5.87. The minimum Gasteiger partial charge on any atom is -0.493 e. The quantitative estimate of drug-likeness (QED) is 0.856. The van der Waals surface area contributed by atoms with Crippen LogP contribution in [0.3, 0.4) is 0 Å². The Morgan fingerprint density at radius 3 is 3.05 bits per heavy atom. The Morgan fingerprint density at radius 2 is 2.30 bits per heavy atom. The van der Waals surface area contributed by atoms with Crippen molar-refractivity contribution in [3.8, 4) is 5.75 Å². The predicted molar refractivity (Wildman–Crippen MR) is 87.4 cm³/mol. The lowest BCUT2D eigenvalue weighted by molar-refractivity contribution is 0.229. The van der Waals surface area contributed by atoms with Crippen molar-refractivity contribution in [2.75, 3.05) is 26.7 Å². The molecule has 112 valence electrons. The van der Waals surface area contributed by atoms with Crippen molar-refractivity contribution in [3.05, 3.63) is 28.2 Å². The molecule has 0 aliphatic carbocycles. The zero-order chi connectivity index (χ0) is 14.5. The molecule has 2 rings (SSSR count). The molecule has 20 heavy (non-hydrogen) atoms. The van der Waals surface area contributed by atoms with Gasteiger partial charge in [-0.3, -0.25) is 0 Å². The lowest BCUT2D eigenvalue weighted by atomic mass is 10.0. The third kappa shape index (κ3) is 3.96. The molecule has 1 N–H and O–H groups in total. The molecular formula is C16H25BrN2O. The maximum atomic E-state index is 5.72. The molecule has 0 radical (unpaired) electrons. The van der Waals surface area contributed by atoms with Crippen molar-refractivity contribution in [2.24, 2.45) is 0 Å². The molecule has 0 fully saturated rings. The topological polar surface area (TPSA) is 24.5 Å². The summed E-state index contributed by atoms with van der Waals surface area (Å²) in [5, 5.41) is 3.67. The normalized spacial score (nSPS) is 19.6. The van der Waals surface area contributed by atoms with Crippen LogP contribution >= 0.6 is 15.9 Å². The molecule has 0 spiro atoms. The summed E-state index contributed by atoms with van der Waals surface area (Å²) in [6, 6.07) is 7.32. The average molecular weight is 341 g/mol. The molecule has 0 amide bonds. The number of fused-ring (bicyclic) bond motifs is 1. The fourth-order valence-corrected chi connectivity index (χ4v) is 2.90. The molecule has 4 heteroatoms. The summed E-state index contributed by atoms with van der Waals surface area (Å²) in [7, 11) is 2.20. The first-order valence-corrected chi connectivity index (χ1v) is 8.27. The number of ether oxygens (including phenoxy) is 1. The van der Waals surface area contributed by atoms with Crippen molar-refractivity contribution >= 4 is 15.9 Å². The van der Waals surface area contributed by atoms with E-state index in [4.69, 9.17) is 4.74 Å². The summed E-state index contributed by atoms with van der Waals surface area (Å²) in [5.41, 5.74) is 1.27. The van der Waals surface area contributed by atoms with Gasteiger partial charge in [-0.05, 0) is 38.6 Å². The number of nitrogens with zero attached hydrogens (tertiary/aromatic N) is 1. The number of likely N-dealkylation sites (N-methyl/N-ethyl adjacent to an activating group) is 1. The second-order valence-electron chi connectivity index (χ2n) is 5.56. The van der Waals surface area contributed by atoms with Crippen molar-refractivity contribution in [3.63, 3.8) is 0 Å². The zero-order valence-electron chi connectivity index (χ0n) is 12.7. The largest absolute Gasteiger partial charge is 0.493 e. The zero-order valence-corrected chi connectivity index (χ0v) is 14.2. The van der Waals surface area contributed by atoms with Crippen LogP contribution < -0.4 is 10.1 Å². The lowest BCUT2D eigenvalue weighted by Gasteiger charge is -2.29. The first kappa shape index (κ1) is 15.8. The smallest absolute Gasteiger partial charge is 0.124 e. The van der Waals surface area contributed by atoms with E-state index in [-0.39, 0.29) is 0 Å². The third-order valence-electron chi connectivity index (χ3n) is 4.21. The summed E-state index contributed by atoms with van der Waals surface area (Å²) in [4.78, 5) is 2.41. The highest BCUT2D eigenvalue weighted by atomic mass is 79.9. The number of rotatable bonds is 6. The van der Waals surface area contributed by atoms with Crippen molar-refractivity contribution in [1.82, 2.24) is 10.2 Å². The molecule has 0 saturated heterocycles. The maximum absolute atomic E-state index is 5.72. The van der Waals surface area contributed by atoms with Gasteiger partial charge >= 0.3 is 0 Å². The standard InChI is InChI=1S/C16H25BrN2O/c1-4-12(2)19(3)9-8-18-15-7-10-20-16-6-5-13(17)11-14(15)16/h5-6,11-12,15,18H,4,7-10H2,1-3H3. The van der Waals surface area contributed by atoms with Gasteiger partial charge in [0.25, 0.3) is 0 Å². The summed E-state index contributed by atoms with van der Waals surface area (Å²) < 4.78 is 6.84. The first-order chi connectivity index (χ1) is 9.61. The van der Waals surface area contributed by atoms with Crippen LogP contribution in [0.15, 0.2) is 22.7 Å². The van der Waals surface area contributed by atoms with Gasteiger partial charge < -0.3 is 15.0 Å². The van der Waals surface area contributed by atoms with Gasteiger partial charge in [-0.1, -0.05) is 22.9 Å². The van der Waals surface area contributed by atoms with E-state index < -0.39 is 0 Å². The van der Waals surface area contributed by atoms with Gasteiger partial charge in [0.2, 0.25) is 0 Å². The summed E-state index contributed by atoms with van der Waals surface area (Å²) >= 11 is 3.55. The van der Waals surface area contributed by atoms with Crippen molar-refractivity contribution in [2.45, 2.75) is 38.8 Å². The molecule has 1 heterocycles. The van der Waals surface area contributed by atoms with Gasteiger partial charge in [-0.2, -0.15) is 0 Å². The van der Waals surface area contributed by atoms with Crippen molar-refractivity contribution < 1.29 is 4.74 Å². The van der Waals surface area contributed by atoms with Gasteiger partial charge in [-0.25, -0.2) is 0 Å². The highest BCUT2D eigenvalue weighted by Crippen LogP contribution is 2.33. The Hall–Kier alpha value is -0.580. The van der Waals surface area contributed by atoms with Crippen LogP contribution in [0.4, 0.5) is 0 Å². The fraction of sp³-hybridized carbons (Fsp3) is 0.625. The van der Waals surface area contributed by atoms with Crippen LogP contribution in [0.1, 0.15) is 38.3 Å². The van der Waals surface area contributed by atoms with E-state index in [0.717, 1.165) is 36.3 Å². The minimum absolute atomic E-state index is 0.404. The molecule has 3 nitrogen and oxygen atoms in total. The number of hydrogen-bond donors (Lipinski definition) is 1. The minimum atomic E-state index is 0.404. The molecule has 2 atom stereocenters. The second-order valence-corrected chi connectivity index (χ2v) is 6.48.